The predicted molar refractivity (Wildman–Crippen MR) is 101 cm³/mol. The minimum Gasteiger partial charge on any atom is -0.303 e. The molecule has 3 heteroatoms. The molecule has 1 aromatic carbocycles. The molecule has 0 atom stereocenters. The highest BCUT2D eigenvalue weighted by molar-refractivity contribution is 5.13. The van der Waals surface area contributed by atoms with Gasteiger partial charge in [-0.25, -0.2) is 9.13 Å². The molecule has 0 aliphatic carbocycles. The number of benzene rings is 1. The van der Waals surface area contributed by atoms with Crippen LogP contribution in [0, 0.1) is 0 Å². The van der Waals surface area contributed by atoms with E-state index in [0.29, 0.717) is 0 Å². The van der Waals surface area contributed by atoms with Gasteiger partial charge in [0.15, 0.2) is 0 Å². The zero-order valence-electron chi connectivity index (χ0n) is 15.5. The highest BCUT2D eigenvalue weighted by Crippen LogP contribution is 2.02. The summed E-state index contributed by atoms with van der Waals surface area (Å²) in [6.07, 6.45) is 13.1. The standard InChI is InChI=1S/C21H34N3/c1-3-5-13-22(14-6-4-2)15-10-16-23-17-18-24(20-23)19-21-11-8-7-9-12-21/h7-9,11-12,17-18,20H,3-6,10,13-16,19H2,1-2H3/q+1. The molecular weight excluding hydrogens is 294 g/mol. The first-order chi connectivity index (χ1) is 11.8. The fourth-order valence-electron chi connectivity index (χ4n) is 3.03. The van der Waals surface area contributed by atoms with Crippen molar-refractivity contribution in [1.29, 1.82) is 0 Å². The summed E-state index contributed by atoms with van der Waals surface area (Å²) in [6, 6.07) is 10.7. The largest absolute Gasteiger partial charge is 0.303 e. The Morgan fingerprint density at radius 3 is 2.25 bits per heavy atom. The van der Waals surface area contributed by atoms with E-state index in [1.54, 1.807) is 0 Å². The molecule has 0 bridgehead atoms. The molecule has 0 saturated heterocycles. The number of aryl methyl sites for hydroxylation is 1. The van der Waals surface area contributed by atoms with Gasteiger partial charge in [-0.3, -0.25) is 0 Å². The Labute approximate surface area is 147 Å². The van der Waals surface area contributed by atoms with Gasteiger partial charge in [-0.2, -0.15) is 0 Å². The normalized spacial score (nSPS) is 11.3. The summed E-state index contributed by atoms with van der Waals surface area (Å²) in [4.78, 5) is 2.65. The van der Waals surface area contributed by atoms with Crippen LogP contribution in [0.4, 0.5) is 0 Å². The lowest BCUT2D eigenvalue weighted by Gasteiger charge is -2.21. The second-order valence-corrected chi connectivity index (χ2v) is 6.71. The number of aromatic nitrogens is 2. The van der Waals surface area contributed by atoms with Crippen molar-refractivity contribution in [3.63, 3.8) is 0 Å². The summed E-state index contributed by atoms with van der Waals surface area (Å²) in [5, 5.41) is 0. The molecule has 1 heterocycles. The molecule has 24 heavy (non-hydrogen) atoms. The van der Waals surface area contributed by atoms with Crippen molar-refractivity contribution in [1.82, 2.24) is 9.47 Å². The van der Waals surface area contributed by atoms with Gasteiger partial charge in [0.1, 0.15) is 18.9 Å². The van der Waals surface area contributed by atoms with Crippen LogP contribution in [0.5, 0.6) is 0 Å². The number of hydrogen-bond donors (Lipinski definition) is 0. The third-order valence-corrected chi connectivity index (χ3v) is 4.50. The van der Waals surface area contributed by atoms with Gasteiger partial charge < -0.3 is 4.90 Å². The Kier molecular flexibility index (Phi) is 8.61. The van der Waals surface area contributed by atoms with Crippen LogP contribution in [0.15, 0.2) is 49.1 Å². The highest BCUT2D eigenvalue weighted by Gasteiger charge is 2.07. The van der Waals surface area contributed by atoms with Crippen LogP contribution in [0.3, 0.4) is 0 Å². The smallest absolute Gasteiger partial charge is 0.244 e. The van der Waals surface area contributed by atoms with Crippen molar-refractivity contribution in [3.8, 4) is 0 Å². The minimum absolute atomic E-state index is 0.951. The second-order valence-electron chi connectivity index (χ2n) is 6.71. The molecule has 2 aromatic rings. The molecule has 0 aliphatic heterocycles. The van der Waals surface area contributed by atoms with Crippen molar-refractivity contribution in [3.05, 3.63) is 54.6 Å². The molecule has 3 nitrogen and oxygen atoms in total. The van der Waals surface area contributed by atoms with Gasteiger partial charge in [-0.05, 0) is 37.9 Å². The van der Waals surface area contributed by atoms with Crippen molar-refractivity contribution in [2.45, 2.75) is 59.0 Å². The van der Waals surface area contributed by atoms with Crippen molar-refractivity contribution in [2.75, 3.05) is 19.6 Å². The second kappa shape index (κ2) is 11.0. The first-order valence-corrected chi connectivity index (χ1v) is 9.63. The topological polar surface area (TPSA) is 12.1 Å². The number of unbranched alkanes of at least 4 members (excludes halogenated alkanes) is 2. The van der Waals surface area contributed by atoms with Crippen LogP contribution in [0.25, 0.3) is 0 Å². The fraction of sp³-hybridized carbons (Fsp3) is 0.571. The molecule has 0 N–H and O–H groups in total. The van der Waals surface area contributed by atoms with E-state index in [0.717, 1.165) is 13.1 Å². The molecule has 0 spiro atoms. The summed E-state index contributed by atoms with van der Waals surface area (Å²) >= 11 is 0. The van der Waals surface area contributed by atoms with E-state index < -0.39 is 0 Å². The Morgan fingerprint density at radius 2 is 1.58 bits per heavy atom. The lowest BCUT2D eigenvalue weighted by atomic mass is 10.2. The van der Waals surface area contributed by atoms with Crippen molar-refractivity contribution in [2.24, 2.45) is 0 Å². The highest BCUT2D eigenvalue weighted by atomic mass is 15.1. The van der Waals surface area contributed by atoms with E-state index in [4.69, 9.17) is 0 Å². The van der Waals surface area contributed by atoms with Gasteiger partial charge in [0.25, 0.3) is 0 Å². The maximum Gasteiger partial charge on any atom is 0.244 e. The molecular formula is C21H34N3+. The average Bonchev–Trinajstić information content (AvgIpc) is 3.05. The number of rotatable bonds is 12. The van der Waals surface area contributed by atoms with Crippen LogP contribution in [-0.2, 0) is 13.1 Å². The first-order valence-electron chi connectivity index (χ1n) is 9.63. The minimum atomic E-state index is 0.951. The summed E-state index contributed by atoms with van der Waals surface area (Å²) in [5.74, 6) is 0. The Hall–Kier alpha value is -1.61. The van der Waals surface area contributed by atoms with Crippen LogP contribution in [0.2, 0.25) is 0 Å². The SMILES string of the molecule is CCCCN(CCCC)CCCn1cc[n+](Cc2ccccc2)c1. The van der Waals surface area contributed by atoms with Gasteiger partial charge in [-0.15, -0.1) is 0 Å². The van der Waals surface area contributed by atoms with Crippen LogP contribution < -0.4 is 4.57 Å². The van der Waals surface area contributed by atoms with Gasteiger partial charge in [0.2, 0.25) is 6.33 Å². The van der Waals surface area contributed by atoms with Gasteiger partial charge in [-0.1, -0.05) is 57.0 Å². The molecule has 0 saturated carbocycles. The van der Waals surface area contributed by atoms with E-state index in [-0.39, 0.29) is 0 Å². The third kappa shape index (κ3) is 6.88. The molecule has 2 rings (SSSR count). The Balaban J connectivity index is 1.75. The maximum absolute atomic E-state index is 2.65. The molecule has 0 amide bonds. The summed E-state index contributed by atoms with van der Waals surface area (Å²) < 4.78 is 4.59. The van der Waals surface area contributed by atoms with Gasteiger partial charge in [0, 0.05) is 6.54 Å². The molecule has 0 aliphatic rings. The molecule has 1 aromatic heterocycles. The first kappa shape index (κ1) is 18.7. The number of imidazole rings is 1. The molecule has 0 fully saturated rings. The number of hydrogen-bond acceptors (Lipinski definition) is 1. The Morgan fingerprint density at radius 1 is 0.917 bits per heavy atom. The summed E-state index contributed by atoms with van der Waals surface area (Å²) in [7, 11) is 0. The lowest BCUT2D eigenvalue weighted by Crippen LogP contribution is -2.31. The Bertz CT molecular complexity index is 539. The zero-order chi connectivity index (χ0) is 17.0. The van der Waals surface area contributed by atoms with Crippen molar-refractivity contribution >= 4 is 0 Å². The molecule has 0 radical (unpaired) electrons. The van der Waals surface area contributed by atoms with Gasteiger partial charge >= 0.3 is 0 Å². The van der Waals surface area contributed by atoms with Crippen LogP contribution >= 0.6 is 0 Å². The fourth-order valence-corrected chi connectivity index (χ4v) is 3.03. The van der Waals surface area contributed by atoms with E-state index >= 15 is 0 Å². The van der Waals surface area contributed by atoms with E-state index in [9.17, 15) is 0 Å². The van der Waals surface area contributed by atoms with Crippen LogP contribution in [0.1, 0.15) is 51.5 Å². The summed E-state index contributed by atoms with van der Waals surface area (Å²) in [5.41, 5.74) is 1.35. The third-order valence-electron chi connectivity index (χ3n) is 4.50. The predicted octanol–water partition coefficient (Wildman–Crippen LogP) is 4.12. The quantitative estimate of drug-likeness (QED) is 0.534. The molecule has 132 valence electrons. The maximum atomic E-state index is 2.65. The molecule has 0 unspecified atom stereocenters. The van der Waals surface area contributed by atoms with E-state index in [1.165, 1.54) is 57.3 Å². The summed E-state index contributed by atoms with van der Waals surface area (Å²) in [6.45, 7) is 10.4. The van der Waals surface area contributed by atoms with Crippen LogP contribution in [-0.4, -0.2) is 29.1 Å². The van der Waals surface area contributed by atoms with E-state index in [2.05, 4.69) is 76.9 Å². The van der Waals surface area contributed by atoms with E-state index in [1.807, 2.05) is 0 Å². The van der Waals surface area contributed by atoms with Gasteiger partial charge in [0.05, 0.1) is 6.54 Å². The monoisotopic (exact) mass is 328 g/mol. The number of nitrogens with zero attached hydrogens (tertiary/aromatic N) is 3. The lowest BCUT2D eigenvalue weighted by molar-refractivity contribution is -0.687. The average molecular weight is 329 g/mol. The van der Waals surface area contributed by atoms with Crippen molar-refractivity contribution < 1.29 is 4.57 Å². The zero-order valence-corrected chi connectivity index (χ0v) is 15.5.